The van der Waals surface area contributed by atoms with Crippen LogP contribution in [0.2, 0.25) is 0 Å². The van der Waals surface area contributed by atoms with Gasteiger partial charge in [-0.3, -0.25) is 4.79 Å². The van der Waals surface area contributed by atoms with Crippen molar-refractivity contribution >= 4 is 29.0 Å². The second-order valence-electron chi connectivity index (χ2n) is 6.44. The molecule has 1 amide bonds. The molecule has 1 unspecified atom stereocenters. The predicted molar refractivity (Wildman–Crippen MR) is 96.1 cm³/mol. The maximum absolute atomic E-state index is 12.4. The van der Waals surface area contributed by atoms with E-state index in [0.717, 1.165) is 18.0 Å². The molecule has 0 aromatic carbocycles. The zero-order valence-electron chi connectivity index (χ0n) is 14.0. The number of carbonyl (C=O) groups is 1. The molecule has 8 heteroatoms. The Hall–Kier alpha value is -1.41. The second-order valence-corrected chi connectivity index (χ2v) is 8.36. The molecule has 1 aliphatic carbocycles. The molecule has 130 valence electrons. The van der Waals surface area contributed by atoms with Crippen LogP contribution in [0.1, 0.15) is 56.5 Å². The number of hydrogen-bond donors (Lipinski definition) is 1. The number of nitrogens with one attached hydrogen (secondary N) is 1. The summed E-state index contributed by atoms with van der Waals surface area (Å²) in [5.41, 5.74) is 0. The van der Waals surface area contributed by atoms with Crippen LogP contribution in [-0.2, 0) is 4.79 Å². The Morgan fingerprint density at radius 3 is 2.92 bits per heavy atom. The van der Waals surface area contributed by atoms with E-state index in [9.17, 15) is 4.79 Å². The average Bonchev–Trinajstić information content (AvgIpc) is 3.32. The molecule has 0 bridgehead atoms. The lowest BCUT2D eigenvalue weighted by atomic mass is 10.0. The highest BCUT2D eigenvalue weighted by atomic mass is 32.2. The van der Waals surface area contributed by atoms with E-state index in [1.807, 2.05) is 16.1 Å². The summed E-state index contributed by atoms with van der Waals surface area (Å²) in [6.45, 7) is 4.25. The van der Waals surface area contributed by atoms with Gasteiger partial charge in [0.05, 0.1) is 17.8 Å². The molecule has 1 N–H and O–H groups in total. The molecule has 1 saturated carbocycles. The van der Waals surface area contributed by atoms with Crippen molar-refractivity contribution in [3.8, 4) is 0 Å². The lowest BCUT2D eigenvalue weighted by Crippen LogP contribution is -2.32. The van der Waals surface area contributed by atoms with E-state index in [-0.39, 0.29) is 11.9 Å². The molecular formula is C16H23N5OS2. The van der Waals surface area contributed by atoms with Gasteiger partial charge in [-0.1, -0.05) is 44.5 Å². The molecule has 2 heterocycles. The van der Waals surface area contributed by atoms with Crippen LogP contribution in [0.3, 0.4) is 0 Å². The number of hydrogen-bond acceptors (Lipinski definition) is 6. The van der Waals surface area contributed by atoms with Crippen molar-refractivity contribution in [2.75, 3.05) is 5.75 Å². The first-order valence-electron chi connectivity index (χ1n) is 8.38. The van der Waals surface area contributed by atoms with Gasteiger partial charge in [0, 0.05) is 4.88 Å². The third kappa shape index (κ3) is 4.16. The smallest absolute Gasteiger partial charge is 0.230 e. The van der Waals surface area contributed by atoms with Crippen molar-refractivity contribution in [1.29, 1.82) is 0 Å². The van der Waals surface area contributed by atoms with Crippen molar-refractivity contribution in [1.82, 2.24) is 25.5 Å². The molecular weight excluding hydrogens is 342 g/mol. The predicted octanol–water partition coefficient (Wildman–Crippen LogP) is 3.46. The van der Waals surface area contributed by atoms with Crippen LogP contribution in [0.25, 0.3) is 0 Å². The fraction of sp³-hybridized carbons (Fsp3) is 0.625. The Kier molecular flexibility index (Phi) is 5.89. The molecule has 3 rings (SSSR count). The van der Waals surface area contributed by atoms with Gasteiger partial charge in [0.1, 0.15) is 0 Å². The first-order chi connectivity index (χ1) is 11.6. The van der Waals surface area contributed by atoms with E-state index in [4.69, 9.17) is 0 Å². The zero-order valence-corrected chi connectivity index (χ0v) is 15.6. The minimum atomic E-state index is 0.0214. The number of tetrazole rings is 1. The van der Waals surface area contributed by atoms with Crippen molar-refractivity contribution in [2.45, 2.75) is 56.8 Å². The Bertz CT molecular complexity index is 649. The monoisotopic (exact) mass is 365 g/mol. The van der Waals surface area contributed by atoms with Crippen molar-refractivity contribution in [3.63, 3.8) is 0 Å². The van der Waals surface area contributed by atoms with E-state index in [2.05, 4.69) is 40.8 Å². The SMILES string of the molecule is CC(C)C(NC(=O)CSc1nnnn1C1CCCC1)c1cccs1. The normalized spacial score (nSPS) is 16.6. The van der Waals surface area contributed by atoms with Gasteiger partial charge in [-0.25, -0.2) is 4.68 Å². The minimum absolute atomic E-state index is 0.0214. The molecule has 0 saturated heterocycles. The summed E-state index contributed by atoms with van der Waals surface area (Å²) in [7, 11) is 0. The number of thiophene rings is 1. The van der Waals surface area contributed by atoms with Gasteiger partial charge >= 0.3 is 0 Å². The first kappa shape index (κ1) is 17.4. The first-order valence-corrected chi connectivity index (χ1v) is 10.2. The molecule has 1 atom stereocenters. The van der Waals surface area contributed by atoms with Crippen molar-refractivity contribution < 1.29 is 4.79 Å². The summed E-state index contributed by atoms with van der Waals surface area (Å²) >= 11 is 3.10. The summed E-state index contributed by atoms with van der Waals surface area (Å²) in [6.07, 6.45) is 4.70. The third-order valence-corrected chi connectivity index (χ3v) is 6.19. The number of nitrogens with zero attached hydrogens (tertiary/aromatic N) is 4. The van der Waals surface area contributed by atoms with Crippen molar-refractivity contribution in [3.05, 3.63) is 22.4 Å². The molecule has 6 nitrogen and oxygen atoms in total. The number of aromatic nitrogens is 4. The molecule has 2 aromatic rings. The summed E-state index contributed by atoms with van der Waals surface area (Å²) in [4.78, 5) is 13.6. The lowest BCUT2D eigenvalue weighted by molar-refractivity contribution is -0.119. The van der Waals surface area contributed by atoms with Gasteiger partial charge in [-0.2, -0.15) is 0 Å². The lowest BCUT2D eigenvalue weighted by Gasteiger charge is -2.21. The van der Waals surface area contributed by atoms with Crippen LogP contribution in [0.15, 0.2) is 22.7 Å². The van der Waals surface area contributed by atoms with Crippen LogP contribution in [0.4, 0.5) is 0 Å². The molecule has 24 heavy (non-hydrogen) atoms. The average molecular weight is 366 g/mol. The summed E-state index contributed by atoms with van der Waals surface area (Å²) in [5.74, 6) is 0.705. The molecule has 2 aromatic heterocycles. The van der Waals surface area contributed by atoms with Crippen LogP contribution in [0.5, 0.6) is 0 Å². The molecule has 0 aliphatic heterocycles. The maximum Gasteiger partial charge on any atom is 0.230 e. The van der Waals surface area contributed by atoms with Crippen LogP contribution < -0.4 is 5.32 Å². The highest BCUT2D eigenvalue weighted by Gasteiger charge is 2.23. The summed E-state index contributed by atoms with van der Waals surface area (Å²) in [5, 5.41) is 17.9. The Morgan fingerprint density at radius 2 is 2.25 bits per heavy atom. The van der Waals surface area contributed by atoms with Crippen LogP contribution in [-0.4, -0.2) is 31.9 Å². The van der Waals surface area contributed by atoms with Gasteiger partial charge in [-0.15, -0.1) is 16.4 Å². The number of amides is 1. The molecule has 1 fully saturated rings. The van der Waals surface area contributed by atoms with Crippen LogP contribution in [0, 0.1) is 5.92 Å². The maximum atomic E-state index is 12.4. The van der Waals surface area contributed by atoms with Gasteiger partial charge in [0.2, 0.25) is 11.1 Å². The standard InChI is InChI=1S/C16H23N5OS2/c1-11(2)15(13-8-5-9-23-13)17-14(22)10-24-16-18-19-20-21(16)12-6-3-4-7-12/h5,8-9,11-12,15H,3-4,6-7,10H2,1-2H3,(H,17,22). The Morgan fingerprint density at radius 1 is 1.46 bits per heavy atom. The van der Waals surface area contributed by atoms with E-state index < -0.39 is 0 Å². The van der Waals surface area contributed by atoms with Gasteiger partial charge in [0.25, 0.3) is 0 Å². The highest BCUT2D eigenvalue weighted by Crippen LogP contribution is 2.31. The number of thioether (sulfide) groups is 1. The molecule has 0 radical (unpaired) electrons. The Labute approximate surface area is 150 Å². The summed E-state index contributed by atoms with van der Waals surface area (Å²) < 4.78 is 1.89. The van der Waals surface area contributed by atoms with Gasteiger partial charge < -0.3 is 5.32 Å². The summed E-state index contributed by atoms with van der Waals surface area (Å²) in [6, 6.07) is 4.54. The minimum Gasteiger partial charge on any atom is -0.347 e. The fourth-order valence-corrected chi connectivity index (χ4v) is 4.74. The van der Waals surface area contributed by atoms with Gasteiger partial charge in [0.15, 0.2) is 0 Å². The van der Waals surface area contributed by atoms with E-state index in [0.29, 0.717) is 17.7 Å². The Balaban J connectivity index is 1.57. The van der Waals surface area contributed by atoms with Crippen molar-refractivity contribution in [2.24, 2.45) is 5.92 Å². The second kappa shape index (κ2) is 8.11. The number of carbonyl (C=O) groups excluding carboxylic acids is 1. The van der Waals surface area contributed by atoms with E-state index in [1.165, 1.54) is 29.5 Å². The zero-order chi connectivity index (χ0) is 16.9. The third-order valence-electron chi connectivity index (χ3n) is 4.30. The molecule has 0 spiro atoms. The van der Waals surface area contributed by atoms with Gasteiger partial charge in [-0.05, 0) is 40.6 Å². The van der Waals surface area contributed by atoms with Crippen LogP contribution >= 0.6 is 23.1 Å². The highest BCUT2D eigenvalue weighted by molar-refractivity contribution is 7.99. The topological polar surface area (TPSA) is 72.7 Å². The number of rotatable bonds is 7. The quantitative estimate of drug-likeness (QED) is 0.761. The fourth-order valence-electron chi connectivity index (χ4n) is 3.04. The largest absolute Gasteiger partial charge is 0.347 e. The molecule has 1 aliphatic rings. The van der Waals surface area contributed by atoms with E-state index in [1.54, 1.807) is 11.3 Å². The van der Waals surface area contributed by atoms with E-state index >= 15 is 0 Å².